The maximum Gasteiger partial charge on any atom is 0.472 e. The number of nitrogens with two attached hydrogens (primary N) is 1. The van der Waals surface area contributed by atoms with E-state index in [2.05, 4.69) is 16.0 Å². The van der Waals surface area contributed by atoms with E-state index in [1.807, 2.05) is 0 Å². The van der Waals surface area contributed by atoms with Crippen LogP contribution in [0.1, 0.15) is 180 Å². The number of ether oxygens (including phenoxy) is 2. The minimum Gasteiger partial charge on any atom is -0.462 e. The molecule has 1 aliphatic rings. The summed E-state index contributed by atoms with van der Waals surface area (Å²) in [5.74, 6) is -1.31. The van der Waals surface area contributed by atoms with Crippen LogP contribution in [0.3, 0.4) is 0 Å². The van der Waals surface area contributed by atoms with Crippen LogP contribution < -0.4 is 5.73 Å². The van der Waals surface area contributed by atoms with E-state index in [0.717, 1.165) is 77.2 Å². The lowest BCUT2D eigenvalue weighted by molar-refractivity contribution is -0.213. The Morgan fingerprint density at radius 1 is 0.492 bits per heavy atom. The van der Waals surface area contributed by atoms with Crippen LogP contribution in [-0.2, 0) is 50.9 Å². The lowest BCUT2D eigenvalue weighted by atomic mass is 9.85. The molecule has 4 unspecified atom stereocenters. The molecule has 10 N–H and O–H groups in total. The molecule has 0 bridgehead atoms. The van der Waals surface area contributed by atoms with E-state index >= 15 is 0 Å². The fourth-order valence-corrected chi connectivity index (χ4v) is 9.41. The summed E-state index contributed by atoms with van der Waals surface area (Å²) in [5, 5.41) is 31.8. The van der Waals surface area contributed by atoms with Crippen LogP contribution in [0.4, 0.5) is 0 Å². The Labute approximate surface area is 373 Å². The number of hydrogen-bond donors (Lipinski definition) is 9. The first-order valence-electron chi connectivity index (χ1n) is 23.0. The number of hydrogen-bond acceptors (Lipinski definition) is 15. The molecule has 20 nitrogen and oxygen atoms in total. The van der Waals surface area contributed by atoms with E-state index in [9.17, 15) is 63.1 Å². The average Bonchev–Trinajstić information content (AvgIpc) is 3.20. The van der Waals surface area contributed by atoms with Crippen molar-refractivity contribution in [1.82, 2.24) is 0 Å². The van der Waals surface area contributed by atoms with E-state index in [4.69, 9.17) is 24.3 Å². The minimum absolute atomic E-state index is 0.00497. The first kappa shape index (κ1) is 60.1. The van der Waals surface area contributed by atoms with Gasteiger partial charge in [-0.3, -0.25) is 27.7 Å². The number of carbonyl (C=O) groups excluding carboxylic acids is 2. The summed E-state index contributed by atoms with van der Waals surface area (Å²) in [4.78, 5) is 73.1. The fraction of sp³-hybridized carbons (Fsp3) is 0.950. The second-order valence-electron chi connectivity index (χ2n) is 16.5. The van der Waals surface area contributed by atoms with E-state index in [1.165, 1.54) is 77.0 Å². The van der Waals surface area contributed by atoms with Crippen molar-refractivity contribution in [1.29, 1.82) is 0 Å². The number of carbonyl (C=O) groups is 2. The van der Waals surface area contributed by atoms with E-state index in [0.29, 0.717) is 12.8 Å². The standard InChI is InChI=1S/C40H80NO19P3/c1-2-3-4-5-6-7-8-9-13-16-19-22-25-28-34(43)57-32(30-55-33(42)27-24-21-18-15-12-10-11-14-17-20-23-26-29-41)31-56-63(53,54)60-40-36(45)38(58-61(47,48)49)35(44)39(37(40)46)59-62(50,51)52/h32,35-40,44-46H,2-31,41H2,1H3,(H,53,54)(H2,47,48,49)(H2,50,51,52)/t32-,35?,36-,37?,38-,39+,40?/m1/s1. The molecule has 23 heteroatoms. The Hall–Kier alpha value is -0.890. The molecule has 0 saturated heterocycles. The summed E-state index contributed by atoms with van der Waals surface area (Å²) in [6.07, 6.45) is 10.7. The van der Waals surface area contributed by atoms with Gasteiger partial charge in [0.05, 0.1) is 6.61 Å². The number of aliphatic hydroxyl groups is 3. The molecule has 0 aromatic rings. The zero-order valence-corrected chi connectivity index (χ0v) is 39.9. The molecule has 0 heterocycles. The molecule has 0 aliphatic heterocycles. The van der Waals surface area contributed by atoms with Crippen molar-refractivity contribution in [3.63, 3.8) is 0 Å². The third-order valence-electron chi connectivity index (χ3n) is 10.8. The van der Waals surface area contributed by atoms with Gasteiger partial charge in [0.15, 0.2) is 6.10 Å². The summed E-state index contributed by atoms with van der Waals surface area (Å²) in [7, 11) is -16.6. The van der Waals surface area contributed by atoms with Crippen LogP contribution in [0.5, 0.6) is 0 Å². The zero-order chi connectivity index (χ0) is 47.2. The summed E-state index contributed by atoms with van der Waals surface area (Å²) in [6, 6.07) is 0. The number of esters is 2. The first-order valence-corrected chi connectivity index (χ1v) is 27.6. The summed E-state index contributed by atoms with van der Waals surface area (Å²) in [5.41, 5.74) is 5.53. The van der Waals surface area contributed by atoms with E-state index in [-0.39, 0.29) is 12.8 Å². The second kappa shape index (κ2) is 34.4. The van der Waals surface area contributed by atoms with Gasteiger partial charge < -0.3 is 55.0 Å². The Kier molecular flexibility index (Phi) is 32.8. The number of unbranched alkanes of at least 4 members (excludes halogenated alkanes) is 23. The summed E-state index contributed by atoms with van der Waals surface area (Å²) >= 11 is 0. The van der Waals surface area contributed by atoms with Gasteiger partial charge in [-0.15, -0.1) is 0 Å². The molecule has 0 amide bonds. The highest BCUT2D eigenvalue weighted by Gasteiger charge is 2.56. The predicted molar refractivity (Wildman–Crippen MR) is 233 cm³/mol. The number of phosphoric acid groups is 3. The highest BCUT2D eigenvalue weighted by Crippen LogP contribution is 2.51. The predicted octanol–water partition coefficient (Wildman–Crippen LogP) is 6.51. The van der Waals surface area contributed by atoms with Crippen LogP contribution in [0.2, 0.25) is 0 Å². The van der Waals surface area contributed by atoms with Crippen LogP contribution >= 0.6 is 23.5 Å². The van der Waals surface area contributed by atoms with Crippen molar-refractivity contribution in [2.24, 2.45) is 5.73 Å². The molecular weight excluding hydrogens is 891 g/mol. The van der Waals surface area contributed by atoms with Gasteiger partial charge >= 0.3 is 35.4 Å². The van der Waals surface area contributed by atoms with Gasteiger partial charge in [-0.05, 0) is 25.8 Å². The molecule has 0 aromatic carbocycles. The Morgan fingerprint density at radius 3 is 1.19 bits per heavy atom. The minimum atomic E-state index is -5.55. The normalized spacial score (nSPS) is 22.1. The molecule has 1 rings (SSSR count). The molecule has 0 aromatic heterocycles. The summed E-state index contributed by atoms with van der Waals surface area (Å²) in [6.45, 7) is 1.44. The molecule has 0 radical (unpaired) electrons. The Bertz CT molecular complexity index is 1310. The van der Waals surface area contributed by atoms with Gasteiger partial charge in [-0.2, -0.15) is 0 Å². The molecule has 1 saturated carbocycles. The van der Waals surface area contributed by atoms with Gasteiger partial charge in [0.2, 0.25) is 0 Å². The molecule has 1 fully saturated rings. The van der Waals surface area contributed by atoms with Crippen LogP contribution in [0.15, 0.2) is 0 Å². The van der Waals surface area contributed by atoms with Crippen molar-refractivity contribution in [2.45, 2.75) is 223 Å². The van der Waals surface area contributed by atoms with E-state index in [1.54, 1.807) is 0 Å². The van der Waals surface area contributed by atoms with Gasteiger partial charge in [-0.25, -0.2) is 13.7 Å². The Balaban J connectivity index is 2.76. The van der Waals surface area contributed by atoms with Crippen LogP contribution in [0.25, 0.3) is 0 Å². The number of phosphoric ester groups is 3. The van der Waals surface area contributed by atoms with E-state index < -0.39 is 91.3 Å². The smallest absolute Gasteiger partial charge is 0.462 e. The van der Waals surface area contributed by atoms with Crippen molar-refractivity contribution in [3.8, 4) is 0 Å². The third-order valence-corrected chi connectivity index (χ3v) is 12.8. The SMILES string of the molecule is CCCCCCCCCCCCCCCC(=O)O[C@H](COC(=O)CCCCCCCCCCCCCCN)COP(=O)(O)OC1C(O)[C@@H](OP(=O)(O)O)C(O)[C@@H](OP(=O)(O)O)[C@H]1O. The molecule has 1 aliphatic carbocycles. The van der Waals surface area contributed by atoms with Crippen LogP contribution in [-0.4, -0.2) is 114 Å². The molecule has 8 atom stereocenters. The van der Waals surface area contributed by atoms with Crippen LogP contribution in [0, 0.1) is 0 Å². The van der Waals surface area contributed by atoms with Crippen molar-refractivity contribution < 1.29 is 90.6 Å². The van der Waals surface area contributed by atoms with Gasteiger partial charge in [0.25, 0.3) is 0 Å². The number of aliphatic hydroxyl groups excluding tert-OH is 3. The third kappa shape index (κ3) is 30.9. The largest absolute Gasteiger partial charge is 0.472 e. The molecule has 63 heavy (non-hydrogen) atoms. The first-order chi connectivity index (χ1) is 29.8. The monoisotopic (exact) mass is 971 g/mol. The van der Waals surface area contributed by atoms with Crippen molar-refractivity contribution in [2.75, 3.05) is 19.8 Å². The fourth-order valence-electron chi connectivity index (χ4n) is 7.31. The lowest BCUT2D eigenvalue weighted by Gasteiger charge is -2.44. The van der Waals surface area contributed by atoms with Crippen molar-refractivity contribution >= 4 is 35.4 Å². The summed E-state index contributed by atoms with van der Waals surface area (Å²) < 4.78 is 65.4. The Morgan fingerprint density at radius 2 is 0.825 bits per heavy atom. The zero-order valence-electron chi connectivity index (χ0n) is 37.2. The maximum atomic E-state index is 13.1. The number of rotatable bonds is 40. The topological polar surface area (TPSA) is 329 Å². The lowest BCUT2D eigenvalue weighted by Crippen LogP contribution is -2.65. The van der Waals surface area contributed by atoms with Crippen molar-refractivity contribution in [3.05, 3.63) is 0 Å². The van der Waals surface area contributed by atoms with Gasteiger partial charge in [0, 0.05) is 12.8 Å². The highest BCUT2D eigenvalue weighted by atomic mass is 31.2. The van der Waals surface area contributed by atoms with Gasteiger partial charge in [-0.1, -0.05) is 148 Å². The average molecular weight is 972 g/mol. The molecular formula is C40H80NO19P3. The second-order valence-corrected chi connectivity index (χ2v) is 20.3. The maximum absolute atomic E-state index is 13.1. The quantitative estimate of drug-likeness (QED) is 0.0179. The highest BCUT2D eigenvalue weighted by molar-refractivity contribution is 7.47. The molecule has 374 valence electrons. The van der Waals surface area contributed by atoms with Gasteiger partial charge in [0.1, 0.15) is 43.2 Å². The molecule has 0 spiro atoms.